The highest BCUT2D eigenvalue weighted by molar-refractivity contribution is 9.10. The number of carbonyl (C=O) groups is 2. The van der Waals surface area contributed by atoms with Gasteiger partial charge in [0.2, 0.25) is 5.95 Å². The minimum atomic E-state index is -0.657. The summed E-state index contributed by atoms with van der Waals surface area (Å²) in [4.78, 5) is 33.1. The largest absolute Gasteiger partial charge is 0.444 e. The average Bonchev–Trinajstić information content (AvgIpc) is 2.66. The van der Waals surface area contributed by atoms with E-state index in [1.54, 1.807) is 12.1 Å². The molecule has 8 nitrogen and oxygen atoms in total. The van der Waals surface area contributed by atoms with Crippen molar-refractivity contribution in [2.45, 2.75) is 71.1 Å². The minimum absolute atomic E-state index is 0.0800. The van der Waals surface area contributed by atoms with Crippen LogP contribution in [-0.2, 0) is 4.74 Å². The fourth-order valence-electron chi connectivity index (χ4n) is 4.70. The normalized spacial score (nSPS) is 23.5. The van der Waals surface area contributed by atoms with Crippen LogP contribution in [0.25, 0.3) is 0 Å². The van der Waals surface area contributed by atoms with Gasteiger partial charge in [0.15, 0.2) is 0 Å². The fourth-order valence-corrected chi connectivity index (χ4v) is 4.92. The lowest BCUT2D eigenvalue weighted by Gasteiger charge is -2.57. The number of rotatable bonds is 5. The average molecular weight is 534 g/mol. The quantitative estimate of drug-likeness (QED) is 0.457. The molecule has 2 amide bonds. The van der Waals surface area contributed by atoms with Gasteiger partial charge in [0.05, 0.1) is 11.3 Å². The molecule has 0 atom stereocenters. The Balaban J connectivity index is 1.32. The van der Waals surface area contributed by atoms with Gasteiger partial charge in [-0.15, -0.1) is 0 Å². The summed E-state index contributed by atoms with van der Waals surface area (Å²) < 4.78 is 20.0. The predicted molar refractivity (Wildman–Crippen MR) is 130 cm³/mol. The maximum atomic E-state index is 13.9. The van der Waals surface area contributed by atoms with Crippen molar-refractivity contribution in [2.75, 3.05) is 10.6 Å². The first kappa shape index (κ1) is 24.4. The van der Waals surface area contributed by atoms with E-state index in [0.29, 0.717) is 5.82 Å². The molecule has 2 aliphatic carbocycles. The van der Waals surface area contributed by atoms with Gasteiger partial charge in [-0.3, -0.25) is 4.79 Å². The van der Waals surface area contributed by atoms with E-state index < -0.39 is 23.5 Å². The lowest BCUT2D eigenvalue weighted by Crippen LogP contribution is -2.59. The molecule has 2 aromatic heterocycles. The third kappa shape index (κ3) is 5.65. The Bertz CT molecular complexity index is 1110. The van der Waals surface area contributed by atoms with Gasteiger partial charge in [0.25, 0.3) is 5.91 Å². The number of anilines is 2. The number of nitrogens with one attached hydrogen (secondary N) is 3. The number of pyridine rings is 2. The second kappa shape index (κ2) is 9.13. The lowest BCUT2D eigenvalue weighted by atomic mass is 9.52. The van der Waals surface area contributed by atoms with Crippen LogP contribution in [-0.4, -0.2) is 39.7 Å². The highest BCUT2D eigenvalue weighted by atomic mass is 79.9. The van der Waals surface area contributed by atoms with Crippen LogP contribution in [0.2, 0.25) is 0 Å². The Morgan fingerprint density at radius 3 is 2.41 bits per heavy atom. The van der Waals surface area contributed by atoms with Gasteiger partial charge in [-0.25, -0.2) is 14.8 Å². The van der Waals surface area contributed by atoms with Gasteiger partial charge in [0.1, 0.15) is 17.2 Å². The first-order valence-electron chi connectivity index (χ1n) is 11.3. The van der Waals surface area contributed by atoms with Gasteiger partial charge in [-0.1, -0.05) is 0 Å². The maximum absolute atomic E-state index is 13.9. The van der Waals surface area contributed by atoms with Crippen molar-refractivity contribution in [3.05, 3.63) is 45.9 Å². The molecule has 0 bridgehead atoms. The summed E-state index contributed by atoms with van der Waals surface area (Å²) in [5.74, 6) is -0.449. The second-order valence-corrected chi connectivity index (χ2v) is 11.1. The zero-order valence-corrected chi connectivity index (χ0v) is 21.3. The Kier molecular flexibility index (Phi) is 6.54. The van der Waals surface area contributed by atoms with Gasteiger partial charge in [-0.2, -0.15) is 4.39 Å². The molecule has 2 aromatic rings. The number of alkyl carbamates (subject to hydrolysis) is 1. The third-order valence-corrected chi connectivity index (χ3v) is 6.99. The van der Waals surface area contributed by atoms with Crippen LogP contribution >= 0.6 is 15.9 Å². The molecular formula is C24H29BrFN5O3. The molecule has 3 N–H and O–H groups in total. The van der Waals surface area contributed by atoms with Crippen LogP contribution in [0.3, 0.4) is 0 Å². The Morgan fingerprint density at radius 1 is 1.09 bits per heavy atom. The lowest BCUT2D eigenvalue weighted by molar-refractivity contribution is -0.0179. The Morgan fingerprint density at radius 2 is 1.76 bits per heavy atom. The molecule has 0 aliphatic heterocycles. The molecule has 2 fully saturated rings. The molecule has 2 saturated carbocycles. The summed E-state index contributed by atoms with van der Waals surface area (Å²) in [5, 5.41) is 8.90. The molecule has 10 heteroatoms. The van der Waals surface area contributed by atoms with Crippen LogP contribution in [0.1, 0.15) is 62.5 Å². The molecule has 2 heterocycles. The number of amides is 2. The molecule has 182 valence electrons. The molecular weight excluding hydrogens is 505 g/mol. The van der Waals surface area contributed by atoms with Crippen molar-refractivity contribution < 1.29 is 18.7 Å². The molecule has 1 spiro atoms. The van der Waals surface area contributed by atoms with E-state index in [1.165, 1.54) is 12.1 Å². The SMILES string of the molecule is Cc1nc(NC(=O)c2ccc(F)nc2NC2CC3(CC(NC(=O)OC(C)(C)C)C3)C2)ccc1Br. The van der Waals surface area contributed by atoms with Crippen molar-refractivity contribution >= 4 is 39.6 Å². The van der Waals surface area contributed by atoms with Crippen molar-refractivity contribution in [3.63, 3.8) is 0 Å². The number of aromatic nitrogens is 2. The number of hydrogen-bond acceptors (Lipinski definition) is 6. The number of hydrogen-bond donors (Lipinski definition) is 3. The highest BCUT2D eigenvalue weighted by Gasteiger charge is 2.53. The number of halogens is 2. The van der Waals surface area contributed by atoms with Crippen LogP contribution in [0.15, 0.2) is 28.7 Å². The summed E-state index contributed by atoms with van der Waals surface area (Å²) in [6.45, 7) is 7.33. The molecule has 4 rings (SSSR count). The number of ether oxygens (including phenoxy) is 1. The first-order chi connectivity index (χ1) is 15.9. The van der Waals surface area contributed by atoms with Crippen LogP contribution in [0, 0.1) is 18.3 Å². The third-order valence-electron chi connectivity index (χ3n) is 6.15. The second-order valence-electron chi connectivity index (χ2n) is 10.2. The van der Waals surface area contributed by atoms with Crippen molar-refractivity contribution in [3.8, 4) is 0 Å². The Hall–Kier alpha value is -2.75. The molecule has 0 radical (unpaired) electrons. The monoisotopic (exact) mass is 533 g/mol. The van der Waals surface area contributed by atoms with E-state index in [4.69, 9.17) is 4.74 Å². The fraction of sp³-hybridized carbons (Fsp3) is 0.500. The van der Waals surface area contributed by atoms with Crippen LogP contribution < -0.4 is 16.0 Å². The smallest absolute Gasteiger partial charge is 0.407 e. The Labute approximate surface area is 206 Å². The van der Waals surface area contributed by atoms with Crippen molar-refractivity contribution in [1.29, 1.82) is 0 Å². The molecule has 0 aromatic carbocycles. The molecule has 0 saturated heterocycles. The van der Waals surface area contributed by atoms with E-state index in [1.807, 2.05) is 27.7 Å². The van der Waals surface area contributed by atoms with Gasteiger partial charge >= 0.3 is 6.09 Å². The summed E-state index contributed by atoms with van der Waals surface area (Å²) in [6.07, 6.45) is 3.10. The molecule has 0 unspecified atom stereocenters. The number of carbonyl (C=O) groups excluding carboxylic acids is 2. The van der Waals surface area contributed by atoms with Crippen LogP contribution in [0.5, 0.6) is 0 Å². The topological polar surface area (TPSA) is 105 Å². The standard InChI is InChI=1S/C24H29BrFN5O3/c1-13-17(25)6-8-19(27-13)31-21(32)16-5-7-18(26)30-20(16)28-14-9-24(10-14)11-15(12-24)29-22(33)34-23(2,3)4/h5-8,14-15H,9-12H2,1-4H3,(H,28,30)(H,29,33)(H,27,31,32). The number of aryl methyl sites for hydroxylation is 1. The predicted octanol–water partition coefficient (Wildman–Crippen LogP) is 5.19. The van der Waals surface area contributed by atoms with E-state index in [0.717, 1.165) is 35.8 Å². The van der Waals surface area contributed by atoms with Crippen molar-refractivity contribution in [2.24, 2.45) is 5.41 Å². The number of nitrogens with zero attached hydrogens (tertiary/aromatic N) is 2. The van der Waals surface area contributed by atoms with E-state index in [9.17, 15) is 14.0 Å². The first-order valence-corrected chi connectivity index (χ1v) is 12.1. The van der Waals surface area contributed by atoms with Crippen molar-refractivity contribution in [1.82, 2.24) is 15.3 Å². The zero-order chi connectivity index (χ0) is 24.7. The van der Waals surface area contributed by atoms with Gasteiger partial charge in [0, 0.05) is 16.6 Å². The van der Waals surface area contributed by atoms with E-state index >= 15 is 0 Å². The molecule has 34 heavy (non-hydrogen) atoms. The maximum Gasteiger partial charge on any atom is 0.407 e. The highest BCUT2D eigenvalue weighted by Crippen LogP contribution is 2.56. The summed E-state index contributed by atoms with van der Waals surface area (Å²) in [7, 11) is 0. The van der Waals surface area contributed by atoms with E-state index in [-0.39, 0.29) is 28.9 Å². The minimum Gasteiger partial charge on any atom is -0.444 e. The summed E-state index contributed by atoms with van der Waals surface area (Å²) in [5.41, 5.74) is 0.632. The molecule has 2 aliphatic rings. The van der Waals surface area contributed by atoms with Crippen LogP contribution in [0.4, 0.5) is 20.8 Å². The van der Waals surface area contributed by atoms with Gasteiger partial charge in [-0.05, 0) is 99.0 Å². The van der Waals surface area contributed by atoms with E-state index in [2.05, 4.69) is 41.8 Å². The summed E-state index contributed by atoms with van der Waals surface area (Å²) in [6, 6.07) is 6.26. The van der Waals surface area contributed by atoms with Gasteiger partial charge < -0.3 is 20.7 Å². The summed E-state index contributed by atoms with van der Waals surface area (Å²) >= 11 is 3.38. The zero-order valence-electron chi connectivity index (χ0n) is 19.7.